The molecule has 22 heavy (non-hydrogen) atoms. The maximum absolute atomic E-state index is 13.8. The highest BCUT2D eigenvalue weighted by Gasteiger charge is 2.11. The number of hydrogen-bond acceptors (Lipinski definition) is 3. The minimum absolute atomic E-state index is 0.0709. The van der Waals surface area contributed by atoms with Crippen LogP contribution in [0.3, 0.4) is 0 Å². The number of carbonyl (C=O) groups excluding carboxylic acids is 1. The minimum atomic E-state index is -0.569. The maximum atomic E-state index is 13.8. The van der Waals surface area contributed by atoms with Crippen LogP contribution in [0.4, 0.5) is 8.78 Å². The Morgan fingerprint density at radius 1 is 1.27 bits per heavy atom. The number of hydrogen-bond donors (Lipinski definition) is 1. The first-order chi connectivity index (χ1) is 10.6. The van der Waals surface area contributed by atoms with E-state index in [1.807, 2.05) is 0 Å². The van der Waals surface area contributed by atoms with Crippen LogP contribution in [-0.2, 0) is 4.74 Å². The summed E-state index contributed by atoms with van der Waals surface area (Å²) in [6, 6.07) is 4.64. The molecule has 1 N–H and O–H groups in total. The van der Waals surface area contributed by atoms with Crippen LogP contribution in [0.15, 0.2) is 36.7 Å². The van der Waals surface area contributed by atoms with E-state index < -0.39 is 11.6 Å². The third kappa shape index (κ3) is 4.08. The lowest BCUT2D eigenvalue weighted by Crippen LogP contribution is -2.25. The zero-order valence-electron chi connectivity index (χ0n) is 12.1. The SMILES string of the molecule is COCCCNC(=O)c1cncc(-c2cc(F)ccc2F)c1. The molecule has 0 spiro atoms. The number of nitrogens with zero attached hydrogens (tertiary/aromatic N) is 1. The van der Waals surface area contributed by atoms with Crippen molar-refractivity contribution in [1.82, 2.24) is 10.3 Å². The van der Waals surface area contributed by atoms with Gasteiger partial charge in [-0.15, -0.1) is 0 Å². The third-order valence-corrected chi connectivity index (χ3v) is 3.05. The van der Waals surface area contributed by atoms with E-state index >= 15 is 0 Å². The molecule has 1 heterocycles. The second kappa shape index (κ2) is 7.61. The average molecular weight is 306 g/mol. The molecule has 0 aliphatic rings. The Hall–Kier alpha value is -2.34. The molecule has 0 unspecified atom stereocenters. The van der Waals surface area contributed by atoms with Gasteiger partial charge in [0.2, 0.25) is 0 Å². The van der Waals surface area contributed by atoms with Gasteiger partial charge in [0.15, 0.2) is 0 Å². The first kappa shape index (κ1) is 16.0. The van der Waals surface area contributed by atoms with Crippen molar-refractivity contribution in [1.29, 1.82) is 0 Å². The summed E-state index contributed by atoms with van der Waals surface area (Å²) in [5.74, 6) is -1.44. The van der Waals surface area contributed by atoms with Crippen molar-refractivity contribution < 1.29 is 18.3 Å². The van der Waals surface area contributed by atoms with Gasteiger partial charge in [-0.3, -0.25) is 9.78 Å². The molecule has 2 aromatic rings. The van der Waals surface area contributed by atoms with Crippen molar-refractivity contribution in [3.63, 3.8) is 0 Å². The number of amides is 1. The van der Waals surface area contributed by atoms with Gasteiger partial charge < -0.3 is 10.1 Å². The largest absolute Gasteiger partial charge is 0.385 e. The Labute approximate surface area is 127 Å². The Kier molecular flexibility index (Phi) is 5.55. The van der Waals surface area contributed by atoms with E-state index in [1.54, 1.807) is 7.11 Å². The molecule has 2 rings (SSSR count). The molecule has 1 aromatic heterocycles. The molecule has 0 aliphatic heterocycles. The molecule has 0 aliphatic carbocycles. The molecule has 0 bridgehead atoms. The monoisotopic (exact) mass is 306 g/mol. The summed E-state index contributed by atoms with van der Waals surface area (Å²) >= 11 is 0. The molecule has 1 aromatic carbocycles. The predicted molar refractivity (Wildman–Crippen MR) is 78.4 cm³/mol. The minimum Gasteiger partial charge on any atom is -0.385 e. The van der Waals surface area contributed by atoms with E-state index in [-0.39, 0.29) is 11.5 Å². The van der Waals surface area contributed by atoms with Crippen LogP contribution >= 0.6 is 0 Å². The number of benzene rings is 1. The zero-order valence-corrected chi connectivity index (χ0v) is 12.1. The number of aromatic nitrogens is 1. The second-order valence-corrected chi connectivity index (χ2v) is 4.69. The molecular weight excluding hydrogens is 290 g/mol. The van der Waals surface area contributed by atoms with Crippen molar-refractivity contribution in [2.75, 3.05) is 20.3 Å². The van der Waals surface area contributed by atoms with Crippen LogP contribution in [0, 0.1) is 11.6 Å². The standard InChI is InChI=1S/C16H16F2N2O2/c1-22-6-2-5-20-16(21)12-7-11(9-19-10-12)14-8-13(17)3-4-15(14)18/h3-4,7-10H,2,5-6H2,1H3,(H,20,21). The Morgan fingerprint density at radius 2 is 2.09 bits per heavy atom. The molecule has 0 saturated heterocycles. The highest BCUT2D eigenvalue weighted by atomic mass is 19.1. The normalized spacial score (nSPS) is 10.5. The van der Waals surface area contributed by atoms with Gasteiger partial charge in [-0.2, -0.15) is 0 Å². The number of pyridine rings is 1. The average Bonchev–Trinajstić information content (AvgIpc) is 2.54. The quantitative estimate of drug-likeness (QED) is 0.835. The van der Waals surface area contributed by atoms with Crippen molar-refractivity contribution in [3.8, 4) is 11.1 Å². The fourth-order valence-corrected chi connectivity index (χ4v) is 1.95. The second-order valence-electron chi connectivity index (χ2n) is 4.69. The summed E-state index contributed by atoms with van der Waals surface area (Å²) in [6.07, 6.45) is 3.46. The zero-order chi connectivity index (χ0) is 15.9. The van der Waals surface area contributed by atoms with E-state index in [9.17, 15) is 13.6 Å². The predicted octanol–water partition coefficient (Wildman–Crippen LogP) is 2.79. The smallest absolute Gasteiger partial charge is 0.252 e. The van der Waals surface area contributed by atoms with E-state index in [0.29, 0.717) is 30.7 Å². The lowest BCUT2D eigenvalue weighted by atomic mass is 10.0. The Morgan fingerprint density at radius 3 is 2.86 bits per heavy atom. The number of nitrogens with one attached hydrogen (secondary N) is 1. The number of rotatable bonds is 6. The molecule has 6 heteroatoms. The highest BCUT2D eigenvalue weighted by molar-refractivity contribution is 5.95. The van der Waals surface area contributed by atoms with Crippen LogP contribution < -0.4 is 5.32 Å². The fraction of sp³-hybridized carbons (Fsp3) is 0.250. The maximum Gasteiger partial charge on any atom is 0.252 e. The number of methoxy groups -OCH3 is 1. The summed E-state index contributed by atoms with van der Waals surface area (Å²) in [5.41, 5.74) is 0.710. The number of ether oxygens (including phenoxy) is 1. The van der Waals surface area contributed by atoms with Crippen LogP contribution in [0.25, 0.3) is 11.1 Å². The van der Waals surface area contributed by atoms with Gasteiger partial charge in [0.1, 0.15) is 11.6 Å². The topological polar surface area (TPSA) is 51.2 Å². The van der Waals surface area contributed by atoms with Crippen LogP contribution in [0.1, 0.15) is 16.8 Å². The van der Waals surface area contributed by atoms with E-state index in [2.05, 4.69) is 10.3 Å². The summed E-state index contributed by atoms with van der Waals surface area (Å²) < 4.78 is 31.9. The molecule has 1 amide bonds. The Balaban J connectivity index is 2.16. The summed E-state index contributed by atoms with van der Waals surface area (Å²) in [5, 5.41) is 2.71. The molecule has 4 nitrogen and oxygen atoms in total. The fourth-order valence-electron chi connectivity index (χ4n) is 1.95. The summed E-state index contributed by atoms with van der Waals surface area (Å²) in [4.78, 5) is 15.9. The lowest BCUT2D eigenvalue weighted by molar-refractivity contribution is 0.0948. The van der Waals surface area contributed by atoms with Gasteiger partial charge in [-0.05, 0) is 30.7 Å². The Bertz CT molecular complexity index is 662. The first-order valence-corrected chi connectivity index (χ1v) is 6.79. The van der Waals surface area contributed by atoms with Crippen LogP contribution in [0.2, 0.25) is 0 Å². The van der Waals surface area contributed by atoms with E-state index in [1.165, 1.54) is 18.5 Å². The lowest BCUT2D eigenvalue weighted by Gasteiger charge is -2.07. The first-order valence-electron chi connectivity index (χ1n) is 6.79. The van der Waals surface area contributed by atoms with Crippen molar-refractivity contribution in [2.24, 2.45) is 0 Å². The molecule has 0 radical (unpaired) electrons. The summed E-state index contributed by atoms with van der Waals surface area (Å²) in [7, 11) is 1.59. The van der Waals surface area contributed by atoms with Crippen molar-refractivity contribution in [2.45, 2.75) is 6.42 Å². The van der Waals surface area contributed by atoms with E-state index in [4.69, 9.17) is 4.74 Å². The molecule has 0 fully saturated rings. The molecule has 116 valence electrons. The number of halogens is 2. The van der Waals surface area contributed by atoms with Crippen LogP contribution in [-0.4, -0.2) is 31.2 Å². The molecule has 0 atom stereocenters. The number of carbonyl (C=O) groups is 1. The summed E-state index contributed by atoms with van der Waals surface area (Å²) in [6.45, 7) is 1.01. The molecular formula is C16H16F2N2O2. The van der Waals surface area contributed by atoms with Gasteiger partial charge in [0.05, 0.1) is 5.56 Å². The van der Waals surface area contributed by atoms with Gasteiger partial charge >= 0.3 is 0 Å². The highest BCUT2D eigenvalue weighted by Crippen LogP contribution is 2.23. The van der Waals surface area contributed by atoms with Crippen molar-refractivity contribution >= 4 is 5.91 Å². The van der Waals surface area contributed by atoms with E-state index in [0.717, 1.165) is 18.2 Å². The van der Waals surface area contributed by atoms with Crippen LogP contribution in [0.5, 0.6) is 0 Å². The third-order valence-electron chi connectivity index (χ3n) is 3.05. The van der Waals surface area contributed by atoms with Crippen molar-refractivity contribution in [3.05, 3.63) is 53.9 Å². The van der Waals surface area contributed by atoms with Gasteiger partial charge in [-0.25, -0.2) is 8.78 Å². The molecule has 0 saturated carbocycles. The van der Waals surface area contributed by atoms with Gasteiger partial charge in [0.25, 0.3) is 5.91 Å². The van der Waals surface area contributed by atoms with Gasteiger partial charge in [-0.1, -0.05) is 0 Å². The van der Waals surface area contributed by atoms with Gasteiger partial charge in [0, 0.05) is 43.8 Å².